The Morgan fingerprint density at radius 1 is 1.30 bits per heavy atom. The minimum atomic E-state index is -0.333. The molecule has 0 radical (unpaired) electrons. The molecule has 144 valence electrons. The van der Waals surface area contributed by atoms with Gasteiger partial charge in [-0.15, -0.1) is 11.8 Å². The van der Waals surface area contributed by atoms with E-state index in [-0.39, 0.29) is 22.8 Å². The lowest BCUT2D eigenvalue weighted by Gasteiger charge is -2.38. The highest BCUT2D eigenvalue weighted by Gasteiger charge is 2.35. The van der Waals surface area contributed by atoms with Gasteiger partial charge in [0.15, 0.2) is 0 Å². The van der Waals surface area contributed by atoms with E-state index in [0.29, 0.717) is 0 Å². The van der Waals surface area contributed by atoms with Crippen molar-refractivity contribution >= 4 is 17.7 Å². The predicted octanol–water partition coefficient (Wildman–Crippen LogP) is 4.74. The number of hydrogen-bond donors (Lipinski definition) is 1. The summed E-state index contributed by atoms with van der Waals surface area (Å²) in [5, 5.41) is 3.09. The molecular weight excluding hydrogens is 358 g/mol. The van der Waals surface area contributed by atoms with E-state index in [4.69, 9.17) is 9.47 Å². The molecule has 2 atom stereocenters. The van der Waals surface area contributed by atoms with E-state index in [1.165, 1.54) is 5.56 Å². The largest absolute Gasteiger partial charge is 0.497 e. The third-order valence-electron chi connectivity index (χ3n) is 4.70. The van der Waals surface area contributed by atoms with Gasteiger partial charge in [0.1, 0.15) is 17.1 Å². The van der Waals surface area contributed by atoms with Crippen LogP contribution >= 0.6 is 11.8 Å². The van der Waals surface area contributed by atoms with Gasteiger partial charge >= 0.3 is 0 Å². The maximum Gasteiger partial charge on any atom is 0.233 e. The second-order valence-corrected chi connectivity index (χ2v) is 8.80. The lowest BCUT2D eigenvalue weighted by atomic mass is 9.89. The van der Waals surface area contributed by atoms with Gasteiger partial charge in [0.05, 0.1) is 18.4 Å². The van der Waals surface area contributed by atoms with E-state index in [2.05, 4.69) is 17.4 Å². The second-order valence-electron chi connectivity index (χ2n) is 7.47. The lowest BCUT2D eigenvalue weighted by Crippen LogP contribution is -2.43. The molecule has 4 nitrogen and oxygen atoms in total. The molecule has 1 amide bonds. The lowest BCUT2D eigenvalue weighted by molar-refractivity contribution is -0.121. The third kappa shape index (κ3) is 4.98. The van der Waals surface area contributed by atoms with Crippen molar-refractivity contribution in [3.63, 3.8) is 0 Å². The Balaban J connectivity index is 1.69. The molecule has 1 heterocycles. The number of nitrogens with one attached hydrogen (secondary N) is 1. The first-order valence-electron chi connectivity index (χ1n) is 9.21. The minimum Gasteiger partial charge on any atom is -0.497 e. The highest BCUT2D eigenvalue weighted by molar-refractivity contribution is 7.99. The maximum atomic E-state index is 12.8. The zero-order valence-corrected chi connectivity index (χ0v) is 17.1. The van der Waals surface area contributed by atoms with Crippen LogP contribution in [0.4, 0.5) is 0 Å². The van der Waals surface area contributed by atoms with Crippen LogP contribution in [-0.2, 0) is 10.5 Å². The highest BCUT2D eigenvalue weighted by atomic mass is 32.2. The number of benzene rings is 2. The molecule has 0 unspecified atom stereocenters. The number of hydrogen-bond acceptors (Lipinski definition) is 4. The van der Waals surface area contributed by atoms with Crippen LogP contribution in [0.5, 0.6) is 11.5 Å². The monoisotopic (exact) mass is 385 g/mol. The molecule has 0 bridgehead atoms. The van der Waals surface area contributed by atoms with Crippen molar-refractivity contribution in [1.29, 1.82) is 0 Å². The van der Waals surface area contributed by atoms with Crippen LogP contribution in [0, 0.1) is 0 Å². The fourth-order valence-corrected chi connectivity index (χ4v) is 4.10. The van der Waals surface area contributed by atoms with Gasteiger partial charge in [-0.05, 0) is 44.5 Å². The van der Waals surface area contributed by atoms with Crippen LogP contribution in [-0.4, -0.2) is 23.9 Å². The summed E-state index contributed by atoms with van der Waals surface area (Å²) in [7, 11) is 1.64. The normalized spacial score (nSPS) is 18.7. The topological polar surface area (TPSA) is 47.6 Å². The van der Waals surface area contributed by atoms with Gasteiger partial charge in [-0.1, -0.05) is 30.3 Å². The van der Waals surface area contributed by atoms with Crippen molar-refractivity contribution in [2.75, 3.05) is 7.11 Å². The van der Waals surface area contributed by atoms with Crippen molar-refractivity contribution in [1.82, 2.24) is 5.32 Å². The van der Waals surface area contributed by atoms with Crippen molar-refractivity contribution in [2.45, 2.75) is 49.8 Å². The molecule has 0 fully saturated rings. The summed E-state index contributed by atoms with van der Waals surface area (Å²) in [4.78, 5) is 12.8. The number of rotatable bonds is 6. The summed E-state index contributed by atoms with van der Waals surface area (Å²) in [6.45, 7) is 6.06. The van der Waals surface area contributed by atoms with Crippen molar-refractivity contribution < 1.29 is 14.3 Å². The molecule has 2 aromatic carbocycles. The van der Waals surface area contributed by atoms with E-state index in [1.54, 1.807) is 18.9 Å². The first kappa shape index (κ1) is 19.6. The standard InChI is InChI=1S/C22H27NO3S/c1-15(27-14-16-8-6-5-7-9-16)21(24)23-19-13-22(2,3)26-20-11-10-17(25-4)12-18(19)20/h5-12,15,19H,13-14H2,1-4H3,(H,23,24)/t15-,19-/m0/s1. The Labute approximate surface area is 165 Å². The number of amides is 1. The average molecular weight is 386 g/mol. The Kier molecular flexibility index (Phi) is 6.00. The zero-order chi connectivity index (χ0) is 19.4. The third-order valence-corrected chi connectivity index (χ3v) is 5.92. The van der Waals surface area contributed by atoms with Crippen molar-refractivity contribution in [3.8, 4) is 11.5 Å². The number of thioether (sulfide) groups is 1. The summed E-state index contributed by atoms with van der Waals surface area (Å²) in [6, 6.07) is 15.9. The summed E-state index contributed by atoms with van der Waals surface area (Å²) < 4.78 is 11.4. The first-order chi connectivity index (χ1) is 12.9. The summed E-state index contributed by atoms with van der Waals surface area (Å²) in [5.74, 6) is 2.44. The Morgan fingerprint density at radius 2 is 2.04 bits per heavy atom. The van der Waals surface area contributed by atoms with Gasteiger partial charge < -0.3 is 14.8 Å². The van der Waals surface area contributed by atoms with Crippen LogP contribution in [0.25, 0.3) is 0 Å². The molecule has 3 rings (SSSR count). The number of carbonyl (C=O) groups is 1. The number of fused-ring (bicyclic) bond motifs is 1. The molecule has 1 aliphatic heterocycles. The van der Waals surface area contributed by atoms with Gasteiger partial charge in [0.2, 0.25) is 5.91 Å². The Morgan fingerprint density at radius 3 is 2.74 bits per heavy atom. The van der Waals surface area contributed by atoms with E-state index in [1.807, 2.05) is 57.2 Å². The SMILES string of the molecule is COc1ccc2c(c1)[C@@H](NC(=O)[C@H](C)SCc1ccccc1)CC(C)(C)O2. The van der Waals surface area contributed by atoms with E-state index < -0.39 is 0 Å². The average Bonchev–Trinajstić information content (AvgIpc) is 2.65. The van der Waals surface area contributed by atoms with Crippen LogP contribution in [0.2, 0.25) is 0 Å². The smallest absolute Gasteiger partial charge is 0.233 e. The molecule has 0 spiro atoms. The Hall–Kier alpha value is -2.14. The molecule has 0 saturated heterocycles. The quantitative estimate of drug-likeness (QED) is 0.780. The molecule has 0 aliphatic carbocycles. The fraction of sp³-hybridized carbons (Fsp3) is 0.409. The van der Waals surface area contributed by atoms with Gasteiger partial charge in [0, 0.05) is 17.7 Å². The van der Waals surface area contributed by atoms with E-state index in [9.17, 15) is 4.79 Å². The van der Waals surface area contributed by atoms with Crippen molar-refractivity contribution in [2.24, 2.45) is 0 Å². The number of carbonyl (C=O) groups excluding carboxylic acids is 1. The van der Waals surface area contributed by atoms with Gasteiger partial charge in [-0.3, -0.25) is 4.79 Å². The van der Waals surface area contributed by atoms with E-state index >= 15 is 0 Å². The first-order valence-corrected chi connectivity index (χ1v) is 10.3. The molecule has 2 aromatic rings. The number of methoxy groups -OCH3 is 1. The van der Waals surface area contributed by atoms with Crippen LogP contribution < -0.4 is 14.8 Å². The Bertz CT molecular complexity index is 791. The summed E-state index contributed by atoms with van der Waals surface area (Å²) in [6.07, 6.45) is 0.717. The molecule has 1 N–H and O–H groups in total. The molecule has 27 heavy (non-hydrogen) atoms. The van der Waals surface area contributed by atoms with Crippen LogP contribution in [0.3, 0.4) is 0 Å². The van der Waals surface area contributed by atoms with Crippen LogP contribution in [0.1, 0.15) is 44.4 Å². The van der Waals surface area contributed by atoms with Gasteiger partial charge in [0.25, 0.3) is 0 Å². The number of ether oxygens (including phenoxy) is 2. The molecule has 1 aliphatic rings. The van der Waals surface area contributed by atoms with E-state index in [0.717, 1.165) is 29.2 Å². The summed E-state index contributed by atoms with van der Waals surface area (Å²) in [5.41, 5.74) is 1.87. The molecule has 5 heteroatoms. The molecular formula is C22H27NO3S. The second kappa shape index (κ2) is 8.26. The zero-order valence-electron chi connectivity index (χ0n) is 16.3. The minimum absolute atomic E-state index is 0.0485. The summed E-state index contributed by atoms with van der Waals surface area (Å²) >= 11 is 1.65. The van der Waals surface area contributed by atoms with Crippen LogP contribution in [0.15, 0.2) is 48.5 Å². The van der Waals surface area contributed by atoms with Gasteiger partial charge in [-0.2, -0.15) is 0 Å². The molecule has 0 aromatic heterocycles. The molecule has 0 saturated carbocycles. The fourth-order valence-electron chi connectivity index (χ4n) is 3.25. The highest BCUT2D eigenvalue weighted by Crippen LogP contribution is 2.41. The maximum absolute atomic E-state index is 12.8. The predicted molar refractivity (Wildman–Crippen MR) is 110 cm³/mol. The van der Waals surface area contributed by atoms with Crippen molar-refractivity contribution in [3.05, 3.63) is 59.7 Å². The van der Waals surface area contributed by atoms with Gasteiger partial charge in [-0.25, -0.2) is 0 Å².